The molecule has 0 radical (unpaired) electrons. The summed E-state index contributed by atoms with van der Waals surface area (Å²) < 4.78 is 12.4. The highest BCUT2D eigenvalue weighted by atomic mass is 35.5. The van der Waals surface area contributed by atoms with E-state index in [0.29, 0.717) is 38.9 Å². The van der Waals surface area contributed by atoms with Crippen LogP contribution < -0.4 is 25.0 Å². The number of ether oxygens (including phenoxy) is 2. The summed E-state index contributed by atoms with van der Waals surface area (Å²) in [6, 6.07) is 23.1. The molecule has 12 nitrogen and oxygen atoms in total. The van der Waals surface area contributed by atoms with Crippen LogP contribution in [0.1, 0.15) is 38.6 Å². The molecule has 0 aliphatic carbocycles. The minimum absolute atomic E-state index is 0.0160. The Morgan fingerprint density at radius 1 is 0.839 bits per heavy atom. The van der Waals surface area contributed by atoms with Gasteiger partial charge in [-0.25, -0.2) is 4.98 Å². The van der Waals surface area contributed by atoms with Crippen LogP contribution in [-0.4, -0.2) is 51.2 Å². The van der Waals surface area contributed by atoms with Gasteiger partial charge in [-0.2, -0.15) is 0 Å². The lowest BCUT2D eigenvalue weighted by Gasteiger charge is -2.21. The molecule has 0 aliphatic heterocycles. The van der Waals surface area contributed by atoms with E-state index >= 15 is 0 Å². The molecular weight excluding hydrogens is 753 g/mol. The first kappa shape index (κ1) is 39.1. The zero-order chi connectivity index (χ0) is 39.4. The number of anilines is 1. The fraction of sp³-hybridized carbons (Fsp3) is 0.119. The van der Waals surface area contributed by atoms with Crippen LogP contribution in [0, 0.1) is 6.92 Å². The fourth-order valence-electron chi connectivity index (χ4n) is 5.36. The van der Waals surface area contributed by atoms with Crippen molar-refractivity contribution in [3.63, 3.8) is 0 Å². The van der Waals surface area contributed by atoms with Crippen molar-refractivity contribution in [3.05, 3.63) is 160 Å². The van der Waals surface area contributed by atoms with E-state index in [0.717, 1.165) is 22.3 Å². The lowest BCUT2D eigenvalue weighted by atomic mass is 10.1. The molecule has 0 bridgehead atoms. The van der Waals surface area contributed by atoms with Crippen LogP contribution in [0.5, 0.6) is 11.5 Å². The van der Waals surface area contributed by atoms with Gasteiger partial charge in [-0.15, -0.1) is 0 Å². The average molecular weight is 789 g/mol. The summed E-state index contributed by atoms with van der Waals surface area (Å²) in [7, 11) is 1.55. The number of pyridine rings is 4. The van der Waals surface area contributed by atoms with Gasteiger partial charge in [0.1, 0.15) is 35.9 Å². The van der Waals surface area contributed by atoms with Crippen molar-refractivity contribution in [2.75, 3.05) is 18.5 Å². The van der Waals surface area contributed by atoms with Gasteiger partial charge in [-0.3, -0.25) is 29.3 Å². The smallest absolute Gasteiger partial charge is 0.273 e. The number of hydrogen-bond acceptors (Lipinski definition) is 9. The second-order valence-electron chi connectivity index (χ2n) is 12.2. The van der Waals surface area contributed by atoms with E-state index < -0.39 is 11.8 Å². The van der Waals surface area contributed by atoms with Gasteiger partial charge in [0.2, 0.25) is 11.8 Å². The number of rotatable bonds is 14. The second kappa shape index (κ2) is 18.6. The van der Waals surface area contributed by atoms with E-state index in [2.05, 4.69) is 25.6 Å². The number of carbonyl (C=O) groups is 3. The third kappa shape index (κ3) is 10.1. The standard InChI is InChI=1S/C42H35Cl2N7O5/c1-27-22-37(55-25-30-6-3-4-18-46-30)31-7-5-8-36(41(31)50-27)56-26-32-33(43)11-13-35(40(32)44)51(2)39(53)24-49-38(52)14-10-29-9-12-34(48-23-29)42(54)47-21-17-28-15-19-45-20-16-28/h3-23H,24-26H2,1-2H3,(H,47,54)(H,49,52)/b14-10+,21-17+. The third-order valence-corrected chi connectivity index (χ3v) is 9.10. The molecule has 282 valence electrons. The maximum Gasteiger partial charge on any atom is 0.273 e. The van der Waals surface area contributed by atoms with Gasteiger partial charge in [0, 0.05) is 71.8 Å². The van der Waals surface area contributed by atoms with Gasteiger partial charge < -0.3 is 25.0 Å². The van der Waals surface area contributed by atoms with Crippen molar-refractivity contribution in [2.24, 2.45) is 0 Å². The van der Waals surface area contributed by atoms with Crippen molar-refractivity contribution in [2.45, 2.75) is 20.1 Å². The number of carbonyl (C=O) groups excluding carboxylic acids is 3. The van der Waals surface area contributed by atoms with Crippen molar-refractivity contribution in [1.29, 1.82) is 0 Å². The van der Waals surface area contributed by atoms with Gasteiger partial charge >= 0.3 is 0 Å². The number of aromatic nitrogens is 4. The number of aryl methyl sites for hydroxylation is 1. The summed E-state index contributed by atoms with van der Waals surface area (Å²) in [5.74, 6) is -0.181. The first-order chi connectivity index (χ1) is 27.2. The Morgan fingerprint density at radius 2 is 1.66 bits per heavy atom. The third-order valence-electron chi connectivity index (χ3n) is 8.32. The molecule has 6 rings (SSSR count). The molecule has 2 N–H and O–H groups in total. The van der Waals surface area contributed by atoms with E-state index in [1.807, 2.05) is 43.3 Å². The Labute approximate surface area is 332 Å². The minimum Gasteiger partial charge on any atom is -0.487 e. The summed E-state index contributed by atoms with van der Waals surface area (Å²) >= 11 is 13.4. The minimum atomic E-state index is -0.504. The normalized spacial score (nSPS) is 11.1. The summed E-state index contributed by atoms with van der Waals surface area (Å²) in [5, 5.41) is 6.57. The lowest BCUT2D eigenvalue weighted by Crippen LogP contribution is -2.37. The van der Waals surface area contributed by atoms with Crippen LogP contribution in [0.4, 0.5) is 5.69 Å². The maximum atomic E-state index is 13.1. The second-order valence-corrected chi connectivity index (χ2v) is 13.0. The first-order valence-electron chi connectivity index (χ1n) is 17.2. The maximum absolute atomic E-state index is 13.1. The van der Waals surface area contributed by atoms with Crippen molar-refractivity contribution >= 4 is 69.7 Å². The first-order valence-corrected chi connectivity index (χ1v) is 18.0. The SMILES string of the molecule is Cc1cc(OCc2ccccn2)c2cccc(OCc3c(Cl)ccc(N(C)C(=O)CNC(=O)/C=C/c4ccc(C(=O)N/C=C/c5ccncc5)nc4)c3Cl)c2n1. The molecule has 0 saturated heterocycles. The molecule has 0 saturated carbocycles. The lowest BCUT2D eigenvalue weighted by molar-refractivity contribution is -0.122. The Balaban J connectivity index is 1.04. The number of likely N-dealkylation sites (N-methyl/N-ethyl adjacent to an activating group) is 1. The molecule has 0 aliphatic rings. The molecule has 2 aromatic carbocycles. The van der Waals surface area contributed by atoms with Crippen LogP contribution in [0.2, 0.25) is 10.0 Å². The number of fused-ring (bicyclic) bond motifs is 1. The van der Waals surface area contributed by atoms with Gasteiger partial charge in [-0.05, 0) is 84.8 Å². The van der Waals surface area contributed by atoms with Crippen molar-refractivity contribution in [3.8, 4) is 11.5 Å². The Bertz CT molecular complexity index is 2410. The summed E-state index contributed by atoms with van der Waals surface area (Å²) in [6.45, 7) is 1.84. The topological polar surface area (TPSA) is 149 Å². The number of hydrogen-bond donors (Lipinski definition) is 2. The molecule has 4 aromatic heterocycles. The highest BCUT2D eigenvalue weighted by Gasteiger charge is 2.20. The van der Waals surface area contributed by atoms with Crippen LogP contribution in [-0.2, 0) is 22.8 Å². The molecule has 56 heavy (non-hydrogen) atoms. The number of nitrogens with zero attached hydrogens (tertiary/aromatic N) is 5. The predicted molar refractivity (Wildman–Crippen MR) is 216 cm³/mol. The molecule has 3 amide bonds. The predicted octanol–water partition coefficient (Wildman–Crippen LogP) is 7.39. The Kier molecular flexibility index (Phi) is 13.0. The van der Waals surface area contributed by atoms with E-state index in [1.54, 1.807) is 68.1 Å². The van der Waals surface area contributed by atoms with Gasteiger partial charge in [-0.1, -0.05) is 41.4 Å². The van der Waals surface area contributed by atoms with E-state index in [1.165, 1.54) is 35.5 Å². The molecule has 6 aromatic rings. The van der Waals surface area contributed by atoms with Crippen LogP contribution >= 0.6 is 23.2 Å². The molecule has 0 atom stereocenters. The fourth-order valence-corrected chi connectivity index (χ4v) is 5.96. The molecular formula is C42H35Cl2N7O5. The van der Waals surface area contributed by atoms with Gasteiger partial charge in [0.25, 0.3) is 5.91 Å². The molecule has 0 spiro atoms. The molecule has 4 heterocycles. The summed E-state index contributed by atoms with van der Waals surface area (Å²) in [5.41, 5.74) is 4.65. The number of halogens is 2. The largest absolute Gasteiger partial charge is 0.487 e. The van der Waals surface area contributed by atoms with E-state index in [-0.39, 0.29) is 36.4 Å². The quantitative estimate of drug-likeness (QED) is 0.108. The Morgan fingerprint density at radius 3 is 2.43 bits per heavy atom. The zero-order valence-electron chi connectivity index (χ0n) is 30.3. The van der Waals surface area contributed by atoms with Crippen LogP contribution in [0.3, 0.4) is 0 Å². The Hall–Kier alpha value is -6.63. The number of para-hydroxylation sites is 1. The molecule has 14 heteroatoms. The molecule has 0 unspecified atom stereocenters. The van der Waals surface area contributed by atoms with E-state index in [9.17, 15) is 14.4 Å². The number of benzene rings is 2. The average Bonchev–Trinajstić information content (AvgIpc) is 3.22. The summed E-state index contributed by atoms with van der Waals surface area (Å²) in [4.78, 5) is 56.6. The van der Waals surface area contributed by atoms with Gasteiger partial charge in [0.15, 0.2) is 0 Å². The zero-order valence-corrected chi connectivity index (χ0v) is 31.8. The monoisotopic (exact) mass is 787 g/mol. The summed E-state index contributed by atoms with van der Waals surface area (Å²) in [6.07, 6.45) is 12.5. The number of nitrogens with one attached hydrogen (secondary N) is 2. The van der Waals surface area contributed by atoms with Gasteiger partial charge in [0.05, 0.1) is 22.9 Å². The van der Waals surface area contributed by atoms with Crippen molar-refractivity contribution in [1.82, 2.24) is 30.6 Å². The van der Waals surface area contributed by atoms with Crippen LogP contribution in [0.15, 0.2) is 116 Å². The van der Waals surface area contributed by atoms with Crippen molar-refractivity contribution < 1.29 is 23.9 Å². The highest BCUT2D eigenvalue weighted by molar-refractivity contribution is 6.38. The van der Waals surface area contributed by atoms with E-state index in [4.69, 9.17) is 37.7 Å². The van der Waals surface area contributed by atoms with Crippen LogP contribution in [0.25, 0.3) is 23.1 Å². The molecule has 0 fully saturated rings. The number of amides is 3. The highest BCUT2D eigenvalue weighted by Crippen LogP contribution is 2.36.